The molecule has 29 heavy (non-hydrogen) atoms. The highest BCUT2D eigenvalue weighted by atomic mass is 79.9. The van der Waals surface area contributed by atoms with Crippen LogP contribution < -0.4 is 10.9 Å². The minimum Gasteiger partial charge on any atom is -0.321 e. The van der Waals surface area contributed by atoms with Gasteiger partial charge in [-0.25, -0.2) is 4.98 Å². The fourth-order valence-corrected chi connectivity index (χ4v) is 3.76. The summed E-state index contributed by atoms with van der Waals surface area (Å²) < 4.78 is 2.18. The van der Waals surface area contributed by atoms with E-state index in [9.17, 15) is 9.59 Å². The molecule has 1 amide bonds. The average molecular weight is 469 g/mol. The highest BCUT2D eigenvalue weighted by Crippen LogP contribution is 2.27. The SMILES string of the molecule is Cc1nc2ccccc2c(=O)n1-c1ccc(Cl)c(NC(=O)c2ccccc2Br)c1. The quantitative estimate of drug-likeness (QED) is 0.440. The molecule has 1 N–H and O–H groups in total. The second kappa shape index (κ2) is 7.81. The van der Waals surface area contributed by atoms with Gasteiger partial charge in [-0.2, -0.15) is 0 Å². The van der Waals surface area contributed by atoms with E-state index < -0.39 is 0 Å². The molecule has 4 aromatic rings. The summed E-state index contributed by atoms with van der Waals surface area (Å²) in [5.41, 5.74) is 1.91. The van der Waals surface area contributed by atoms with Crippen LogP contribution in [0.15, 0.2) is 76.0 Å². The van der Waals surface area contributed by atoms with Crippen molar-refractivity contribution in [2.45, 2.75) is 6.92 Å². The van der Waals surface area contributed by atoms with Crippen molar-refractivity contribution in [1.29, 1.82) is 0 Å². The topological polar surface area (TPSA) is 64.0 Å². The number of nitrogens with zero attached hydrogens (tertiary/aromatic N) is 2. The van der Waals surface area contributed by atoms with Crippen molar-refractivity contribution < 1.29 is 4.79 Å². The van der Waals surface area contributed by atoms with Crippen LogP contribution in [0.5, 0.6) is 0 Å². The fourth-order valence-electron chi connectivity index (χ4n) is 3.13. The Hall–Kier alpha value is -2.96. The summed E-state index contributed by atoms with van der Waals surface area (Å²) in [4.78, 5) is 30.2. The summed E-state index contributed by atoms with van der Waals surface area (Å²) in [5.74, 6) is 0.233. The Morgan fingerprint density at radius 1 is 1.07 bits per heavy atom. The minimum atomic E-state index is -0.308. The van der Waals surface area contributed by atoms with Gasteiger partial charge in [-0.15, -0.1) is 0 Å². The third kappa shape index (κ3) is 3.69. The monoisotopic (exact) mass is 467 g/mol. The molecule has 0 atom stereocenters. The van der Waals surface area contributed by atoms with E-state index in [0.717, 1.165) is 0 Å². The van der Waals surface area contributed by atoms with E-state index in [-0.39, 0.29) is 11.5 Å². The number of carbonyl (C=O) groups excluding carboxylic acids is 1. The molecule has 0 bridgehead atoms. The Bertz CT molecular complexity index is 1320. The number of fused-ring (bicyclic) bond motifs is 1. The molecule has 0 radical (unpaired) electrons. The molecule has 5 nitrogen and oxygen atoms in total. The lowest BCUT2D eigenvalue weighted by Gasteiger charge is -2.14. The predicted molar refractivity (Wildman–Crippen MR) is 119 cm³/mol. The van der Waals surface area contributed by atoms with Crippen molar-refractivity contribution in [3.63, 3.8) is 0 Å². The number of halogens is 2. The summed E-state index contributed by atoms with van der Waals surface area (Å²) in [6.45, 7) is 1.77. The maximum atomic E-state index is 13.0. The van der Waals surface area contributed by atoms with Crippen LogP contribution in [-0.2, 0) is 0 Å². The molecule has 7 heteroatoms. The van der Waals surface area contributed by atoms with Crippen molar-refractivity contribution >= 4 is 50.0 Å². The second-order valence-electron chi connectivity index (χ2n) is 6.41. The number of nitrogens with one attached hydrogen (secondary N) is 1. The molecule has 3 aromatic carbocycles. The number of aryl methyl sites for hydroxylation is 1. The molecule has 0 aliphatic rings. The molecule has 4 rings (SSSR count). The largest absolute Gasteiger partial charge is 0.321 e. The normalized spacial score (nSPS) is 10.9. The summed E-state index contributed by atoms with van der Waals surface area (Å²) in [5, 5.41) is 3.71. The fraction of sp³-hybridized carbons (Fsp3) is 0.0455. The molecule has 0 spiro atoms. The Balaban J connectivity index is 1.78. The summed E-state index contributed by atoms with van der Waals surface area (Å²) in [7, 11) is 0. The first-order valence-electron chi connectivity index (χ1n) is 8.80. The number of carbonyl (C=O) groups is 1. The van der Waals surface area contributed by atoms with Gasteiger partial charge in [-0.1, -0.05) is 35.9 Å². The summed E-state index contributed by atoms with van der Waals surface area (Å²) >= 11 is 9.67. The van der Waals surface area contributed by atoms with Crippen LogP contribution in [-0.4, -0.2) is 15.5 Å². The van der Waals surface area contributed by atoms with Crippen molar-refractivity contribution in [2.24, 2.45) is 0 Å². The summed E-state index contributed by atoms with van der Waals surface area (Å²) in [6.07, 6.45) is 0. The molecule has 0 saturated heterocycles. The smallest absolute Gasteiger partial charge is 0.265 e. The number of aromatic nitrogens is 2. The molecular formula is C22H15BrClN3O2. The van der Waals surface area contributed by atoms with Gasteiger partial charge in [-0.3, -0.25) is 14.2 Å². The first-order chi connectivity index (χ1) is 14.0. The average Bonchev–Trinajstić information content (AvgIpc) is 2.70. The zero-order chi connectivity index (χ0) is 20.5. The van der Waals surface area contributed by atoms with E-state index in [0.29, 0.717) is 43.2 Å². The molecule has 0 unspecified atom stereocenters. The first-order valence-corrected chi connectivity index (χ1v) is 9.97. The van der Waals surface area contributed by atoms with Gasteiger partial charge in [0.05, 0.1) is 32.9 Å². The molecular weight excluding hydrogens is 454 g/mol. The van der Waals surface area contributed by atoms with Crippen LogP contribution in [0, 0.1) is 6.92 Å². The van der Waals surface area contributed by atoms with Gasteiger partial charge in [0, 0.05) is 4.47 Å². The first kappa shape index (κ1) is 19.4. The molecule has 0 aliphatic heterocycles. The van der Waals surface area contributed by atoms with Crippen molar-refractivity contribution in [3.8, 4) is 5.69 Å². The molecule has 1 heterocycles. The van der Waals surface area contributed by atoms with Crippen LogP contribution >= 0.6 is 27.5 Å². The van der Waals surface area contributed by atoms with Gasteiger partial charge in [0.15, 0.2) is 0 Å². The highest BCUT2D eigenvalue weighted by molar-refractivity contribution is 9.10. The second-order valence-corrected chi connectivity index (χ2v) is 7.68. The predicted octanol–water partition coefficient (Wildman–Crippen LogP) is 5.36. The maximum absolute atomic E-state index is 13.0. The zero-order valence-electron chi connectivity index (χ0n) is 15.3. The number of hydrogen-bond acceptors (Lipinski definition) is 3. The van der Waals surface area contributed by atoms with Crippen LogP contribution in [0.1, 0.15) is 16.2 Å². The number of rotatable bonds is 3. The molecule has 0 saturated carbocycles. The number of amides is 1. The highest BCUT2D eigenvalue weighted by Gasteiger charge is 2.14. The molecule has 1 aromatic heterocycles. The van der Waals surface area contributed by atoms with Gasteiger partial charge in [0.1, 0.15) is 5.82 Å². The van der Waals surface area contributed by atoms with Gasteiger partial charge < -0.3 is 5.32 Å². The van der Waals surface area contributed by atoms with E-state index in [1.54, 1.807) is 61.5 Å². The third-order valence-electron chi connectivity index (χ3n) is 4.52. The van der Waals surface area contributed by atoms with E-state index in [1.807, 2.05) is 12.1 Å². The molecule has 144 valence electrons. The van der Waals surface area contributed by atoms with Crippen LogP contribution in [0.2, 0.25) is 5.02 Å². The van der Waals surface area contributed by atoms with E-state index in [1.165, 1.54) is 4.57 Å². The number of anilines is 1. The molecule has 0 fully saturated rings. The minimum absolute atomic E-state index is 0.182. The third-order valence-corrected chi connectivity index (χ3v) is 5.54. The van der Waals surface area contributed by atoms with Crippen LogP contribution in [0.4, 0.5) is 5.69 Å². The van der Waals surface area contributed by atoms with E-state index in [2.05, 4.69) is 26.2 Å². The number of benzene rings is 3. The van der Waals surface area contributed by atoms with Gasteiger partial charge in [0.2, 0.25) is 0 Å². The Labute approximate surface area is 180 Å². The van der Waals surface area contributed by atoms with Gasteiger partial charge >= 0.3 is 0 Å². The number of hydrogen-bond donors (Lipinski definition) is 1. The standard InChI is InChI=1S/C22H15BrClN3O2/c1-13-25-19-9-5-3-7-16(19)22(29)27(13)14-10-11-18(24)20(12-14)26-21(28)15-6-2-4-8-17(15)23/h2-12H,1H3,(H,26,28). The Morgan fingerprint density at radius 3 is 2.59 bits per heavy atom. The Kier molecular flexibility index (Phi) is 5.22. The number of para-hydroxylation sites is 1. The van der Waals surface area contributed by atoms with Crippen molar-refractivity contribution in [3.05, 3.63) is 98.0 Å². The zero-order valence-corrected chi connectivity index (χ0v) is 17.7. The lowest BCUT2D eigenvalue weighted by molar-refractivity contribution is 0.102. The van der Waals surface area contributed by atoms with Crippen molar-refractivity contribution in [1.82, 2.24) is 9.55 Å². The lowest BCUT2D eigenvalue weighted by Crippen LogP contribution is -2.22. The van der Waals surface area contributed by atoms with Gasteiger partial charge in [-0.05, 0) is 65.3 Å². The molecule has 0 aliphatic carbocycles. The lowest BCUT2D eigenvalue weighted by atomic mass is 10.2. The summed E-state index contributed by atoms with van der Waals surface area (Å²) in [6, 6.07) is 19.3. The van der Waals surface area contributed by atoms with Crippen LogP contribution in [0.25, 0.3) is 16.6 Å². The van der Waals surface area contributed by atoms with Crippen molar-refractivity contribution in [2.75, 3.05) is 5.32 Å². The maximum Gasteiger partial charge on any atom is 0.265 e. The van der Waals surface area contributed by atoms with Crippen LogP contribution in [0.3, 0.4) is 0 Å². The van der Waals surface area contributed by atoms with Gasteiger partial charge in [0.25, 0.3) is 11.5 Å². The van der Waals surface area contributed by atoms with E-state index >= 15 is 0 Å². The Morgan fingerprint density at radius 2 is 1.79 bits per heavy atom. The van der Waals surface area contributed by atoms with E-state index in [4.69, 9.17) is 11.6 Å².